The molecule has 0 heterocycles. The average molecular weight is 231 g/mol. The minimum atomic E-state index is -0.543. The lowest BCUT2D eigenvalue weighted by Gasteiger charge is -2.19. The van der Waals surface area contributed by atoms with Crippen molar-refractivity contribution in [3.8, 4) is 5.75 Å². The average Bonchev–Trinajstić information content (AvgIpc) is 2.09. The van der Waals surface area contributed by atoms with Gasteiger partial charge in [-0.15, -0.1) is 0 Å². The highest BCUT2D eigenvalue weighted by Crippen LogP contribution is 2.38. The first-order valence-corrected chi connectivity index (χ1v) is 5.44. The van der Waals surface area contributed by atoms with E-state index in [0.29, 0.717) is 10.6 Å². The van der Waals surface area contributed by atoms with Crippen molar-refractivity contribution in [2.24, 2.45) is 0 Å². The Morgan fingerprint density at radius 3 is 2.00 bits per heavy atom. The topological polar surface area (TPSA) is 20.2 Å². The molecule has 15 heavy (non-hydrogen) atoms. The van der Waals surface area contributed by atoms with Crippen molar-refractivity contribution >= 4 is 11.6 Å². The van der Waals surface area contributed by atoms with Crippen LogP contribution in [0.5, 0.6) is 5.75 Å². The molecule has 0 saturated heterocycles. The maximum absolute atomic E-state index is 13.7. The second-order valence-corrected chi connectivity index (χ2v) is 4.74. The second kappa shape index (κ2) is 4.40. The normalized spacial score (nSPS) is 11.5. The Kier molecular flexibility index (Phi) is 3.61. The van der Waals surface area contributed by atoms with Crippen LogP contribution >= 0.6 is 11.6 Å². The largest absolute Gasteiger partial charge is 0.505 e. The zero-order valence-corrected chi connectivity index (χ0v) is 10.2. The van der Waals surface area contributed by atoms with E-state index in [0.717, 1.165) is 5.56 Å². The van der Waals surface area contributed by atoms with Gasteiger partial charge in [-0.3, -0.25) is 0 Å². The van der Waals surface area contributed by atoms with E-state index >= 15 is 0 Å². The molecule has 0 aliphatic rings. The van der Waals surface area contributed by atoms with Gasteiger partial charge in [0.15, 0.2) is 11.6 Å². The fraction of sp³-hybridized carbons (Fsp3) is 0.500. The molecular weight excluding hydrogens is 215 g/mol. The zero-order chi connectivity index (χ0) is 11.7. The third-order valence-electron chi connectivity index (χ3n) is 2.43. The Bertz CT molecular complexity index is 372. The molecule has 0 aromatic heterocycles. The molecular formula is C12H16ClFO. The van der Waals surface area contributed by atoms with Gasteiger partial charge in [-0.25, -0.2) is 4.39 Å². The van der Waals surface area contributed by atoms with Gasteiger partial charge in [0.05, 0.1) is 0 Å². The summed E-state index contributed by atoms with van der Waals surface area (Å²) in [5.74, 6) is -0.761. The highest BCUT2D eigenvalue weighted by Gasteiger charge is 2.21. The van der Waals surface area contributed by atoms with E-state index in [2.05, 4.69) is 0 Å². The van der Waals surface area contributed by atoms with Crippen molar-refractivity contribution in [3.05, 3.63) is 28.0 Å². The number of aromatic hydroxyl groups is 1. The molecule has 0 atom stereocenters. The molecule has 0 amide bonds. The van der Waals surface area contributed by atoms with Gasteiger partial charge in [-0.05, 0) is 23.0 Å². The fourth-order valence-corrected chi connectivity index (χ4v) is 2.22. The molecule has 1 aromatic rings. The minimum absolute atomic E-state index is 0.00648. The van der Waals surface area contributed by atoms with Gasteiger partial charge in [0.1, 0.15) is 0 Å². The lowest BCUT2D eigenvalue weighted by Crippen LogP contribution is -2.03. The zero-order valence-electron chi connectivity index (χ0n) is 9.44. The molecule has 0 aliphatic carbocycles. The summed E-state index contributed by atoms with van der Waals surface area (Å²) in [6, 6.07) is 1.28. The van der Waals surface area contributed by atoms with E-state index in [9.17, 15) is 9.50 Å². The van der Waals surface area contributed by atoms with E-state index in [4.69, 9.17) is 11.6 Å². The van der Waals surface area contributed by atoms with E-state index in [1.807, 2.05) is 27.7 Å². The number of hydrogen-bond acceptors (Lipinski definition) is 1. The van der Waals surface area contributed by atoms with Crippen LogP contribution in [0.4, 0.5) is 4.39 Å². The molecule has 0 radical (unpaired) electrons. The molecule has 3 heteroatoms. The monoisotopic (exact) mass is 230 g/mol. The van der Waals surface area contributed by atoms with Gasteiger partial charge < -0.3 is 5.11 Å². The van der Waals surface area contributed by atoms with Crippen LogP contribution in [0.3, 0.4) is 0 Å². The lowest BCUT2D eigenvalue weighted by atomic mass is 9.90. The summed E-state index contributed by atoms with van der Waals surface area (Å²) < 4.78 is 13.7. The lowest BCUT2D eigenvalue weighted by molar-refractivity contribution is 0.425. The van der Waals surface area contributed by atoms with Crippen molar-refractivity contribution < 1.29 is 9.50 Å². The molecule has 0 unspecified atom stereocenters. The Labute approximate surface area is 94.9 Å². The molecule has 1 aromatic carbocycles. The minimum Gasteiger partial charge on any atom is -0.505 e. The summed E-state index contributed by atoms with van der Waals surface area (Å²) in [5, 5.41) is 9.81. The molecule has 0 bridgehead atoms. The van der Waals surface area contributed by atoms with Crippen LogP contribution in [-0.2, 0) is 0 Å². The SMILES string of the molecule is CC(C)c1c(Cl)cc(O)c(F)c1C(C)C. The van der Waals surface area contributed by atoms with Crippen LogP contribution in [0.2, 0.25) is 5.02 Å². The Hall–Kier alpha value is -0.760. The standard InChI is InChI=1S/C12H16ClFO/c1-6(2)10-8(13)5-9(15)12(14)11(10)7(3)4/h5-7,15H,1-4H3. The summed E-state index contributed by atoms with van der Waals surface area (Å²) in [6.07, 6.45) is 0. The molecule has 1 N–H and O–H groups in total. The number of halogens is 2. The third-order valence-corrected chi connectivity index (χ3v) is 2.74. The summed E-state index contributed by atoms with van der Waals surface area (Å²) in [5.41, 5.74) is 1.32. The van der Waals surface area contributed by atoms with Crippen molar-refractivity contribution in [1.82, 2.24) is 0 Å². The predicted octanol–water partition coefficient (Wildman–Crippen LogP) is 4.43. The number of rotatable bonds is 2. The van der Waals surface area contributed by atoms with E-state index in [-0.39, 0.29) is 17.6 Å². The molecule has 0 spiro atoms. The van der Waals surface area contributed by atoms with Gasteiger partial charge in [0, 0.05) is 11.1 Å². The molecule has 0 saturated carbocycles. The molecule has 0 fully saturated rings. The number of phenolic OH excluding ortho intramolecular Hbond substituents is 1. The third kappa shape index (κ3) is 2.25. The van der Waals surface area contributed by atoms with Gasteiger partial charge in [0.25, 0.3) is 0 Å². The number of hydrogen-bond donors (Lipinski definition) is 1. The van der Waals surface area contributed by atoms with E-state index in [1.54, 1.807) is 0 Å². The van der Waals surface area contributed by atoms with Crippen LogP contribution in [-0.4, -0.2) is 5.11 Å². The Balaban J connectivity index is 3.54. The first-order valence-electron chi connectivity index (χ1n) is 5.07. The van der Waals surface area contributed by atoms with Gasteiger partial charge in [0.2, 0.25) is 0 Å². The van der Waals surface area contributed by atoms with Crippen molar-refractivity contribution in [2.45, 2.75) is 39.5 Å². The Morgan fingerprint density at radius 2 is 1.60 bits per heavy atom. The van der Waals surface area contributed by atoms with Crippen LogP contribution in [0.25, 0.3) is 0 Å². The van der Waals surface area contributed by atoms with Crippen LogP contribution in [0.15, 0.2) is 6.07 Å². The molecule has 0 aliphatic heterocycles. The smallest absolute Gasteiger partial charge is 0.168 e. The summed E-state index contributed by atoms with van der Waals surface area (Å²) >= 11 is 6.02. The van der Waals surface area contributed by atoms with Crippen molar-refractivity contribution in [2.75, 3.05) is 0 Å². The Morgan fingerprint density at radius 1 is 1.13 bits per heavy atom. The van der Waals surface area contributed by atoms with Crippen molar-refractivity contribution in [1.29, 1.82) is 0 Å². The quantitative estimate of drug-likeness (QED) is 0.797. The van der Waals surface area contributed by atoms with E-state index < -0.39 is 5.82 Å². The van der Waals surface area contributed by atoms with Crippen LogP contribution in [0.1, 0.15) is 50.7 Å². The highest BCUT2D eigenvalue weighted by atomic mass is 35.5. The van der Waals surface area contributed by atoms with E-state index in [1.165, 1.54) is 6.07 Å². The van der Waals surface area contributed by atoms with Crippen LogP contribution in [0, 0.1) is 5.82 Å². The first-order chi connectivity index (χ1) is 6.86. The second-order valence-electron chi connectivity index (χ2n) is 4.33. The molecule has 84 valence electrons. The fourth-order valence-electron chi connectivity index (χ4n) is 1.80. The van der Waals surface area contributed by atoms with Crippen LogP contribution < -0.4 is 0 Å². The van der Waals surface area contributed by atoms with Crippen molar-refractivity contribution in [3.63, 3.8) is 0 Å². The van der Waals surface area contributed by atoms with Gasteiger partial charge in [-0.2, -0.15) is 0 Å². The van der Waals surface area contributed by atoms with Gasteiger partial charge in [-0.1, -0.05) is 39.3 Å². The number of benzene rings is 1. The number of phenols is 1. The first kappa shape index (κ1) is 12.3. The highest BCUT2D eigenvalue weighted by molar-refractivity contribution is 6.31. The molecule has 1 nitrogen and oxygen atoms in total. The van der Waals surface area contributed by atoms with Gasteiger partial charge >= 0.3 is 0 Å². The summed E-state index contributed by atoms with van der Waals surface area (Å²) in [6.45, 7) is 7.70. The summed E-state index contributed by atoms with van der Waals surface area (Å²) in [4.78, 5) is 0. The maximum Gasteiger partial charge on any atom is 0.168 e. The predicted molar refractivity (Wildman–Crippen MR) is 61.3 cm³/mol. The summed E-state index contributed by atoms with van der Waals surface area (Å²) in [7, 11) is 0. The molecule has 1 rings (SSSR count). The maximum atomic E-state index is 13.7.